The lowest BCUT2D eigenvalue weighted by Crippen LogP contribution is -2.46. The van der Waals surface area contributed by atoms with Crippen LogP contribution >= 0.6 is 0 Å². The smallest absolute Gasteiger partial charge is 0.273 e. The zero-order chi connectivity index (χ0) is 12.2. The highest BCUT2D eigenvalue weighted by Crippen LogP contribution is 2.51. The molecule has 2 N–H and O–H groups in total. The van der Waals surface area contributed by atoms with Gasteiger partial charge >= 0.3 is 0 Å². The Kier molecular flexibility index (Phi) is 1.92. The molecule has 0 aromatic rings. The maximum absolute atomic E-state index is 12.0. The number of azo groups is 1. The fourth-order valence-electron chi connectivity index (χ4n) is 1.95. The van der Waals surface area contributed by atoms with Crippen LogP contribution in [0.4, 0.5) is 0 Å². The van der Waals surface area contributed by atoms with E-state index in [1.54, 1.807) is 13.8 Å². The van der Waals surface area contributed by atoms with Crippen molar-refractivity contribution in [2.24, 2.45) is 10.2 Å². The number of aliphatic hydroxyl groups excluding tert-OH is 1. The number of allylic oxidation sites excluding steroid dienone is 3. The van der Waals surface area contributed by atoms with Crippen molar-refractivity contribution in [2.75, 3.05) is 6.61 Å². The van der Waals surface area contributed by atoms with Gasteiger partial charge in [-0.05, 0) is 31.1 Å². The summed E-state index contributed by atoms with van der Waals surface area (Å²) in [5, 5.41) is 19.8. The third-order valence-corrected chi connectivity index (χ3v) is 3.06. The second-order valence-corrected chi connectivity index (χ2v) is 5.13. The van der Waals surface area contributed by atoms with E-state index in [-0.39, 0.29) is 12.5 Å². The van der Waals surface area contributed by atoms with E-state index in [9.17, 15) is 4.79 Å². The summed E-state index contributed by atoms with van der Waals surface area (Å²) in [6.45, 7) is 3.39. The summed E-state index contributed by atoms with van der Waals surface area (Å²) in [5.41, 5.74) is 3.87. The summed E-state index contributed by atoms with van der Waals surface area (Å²) in [6, 6.07) is 0. The predicted octanol–water partition coefficient (Wildman–Crippen LogP) is 1.19. The van der Waals surface area contributed by atoms with Crippen LogP contribution in [0.5, 0.6) is 0 Å². The molecule has 5 nitrogen and oxygen atoms in total. The summed E-state index contributed by atoms with van der Waals surface area (Å²) in [6.07, 6.45) is 2.96. The Morgan fingerprint density at radius 2 is 2.29 bits per heavy atom. The number of fused-ring (bicyclic) bond motifs is 2. The van der Waals surface area contributed by atoms with E-state index in [2.05, 4.69) is 15.5 Å². The first-order valence-electron chi connectivity index (χ1n) is 5.56. The lowest BCUT2D eigenvalue weighted by Gasteiger charge is -2.23. The zero-order valence-corrected chi connectivity index (χ0v) is 9.74. The van der Waals surface area contributed by atoms with E-state index in [1.165, 1.54) is 11.1 Å². The molecule has 17 heavy (non-hydrogen) atoms. The molecule has 88 valence electrons. The van der Waals surface area contributed by atoms with E-state index in [1.807, 2.05) is 6.08 Å². The Morgan fingerprint density at radius 3 is 3.00 bits per heavy atom. The number of hydrogen-bond donors (Lipinski definition) is 2. The van der Waals surface area contributed by atoms with Gasteiger partial charge in [0.15, 0.2) is 5.70 Å². The molecule has 1 saturated carbocycles. The van der Waals surface area contributed by atoms with Crippen LogP contribution < -0.4 is 5.32 Å². The Labute approximate surface area is 98.6 Å². The molecular weight excluding hydrogens is 218 g/mol. The minimum Gasteiger partial charge on any atom is -0.394 e. The maximum atomic E-state index is 12.0. The number of amides is 1. The summed E-state index contributed by atoms with van der Waals surface area (Å²) in [4.78, 5) is 12.0. The Bertz CT molecular complexity index is 550. The molecule has 1 heterocycles. The molecule has 2 aliphatic carbocycles. The average molecular weight is 231 g/mol. The molecule has 1 fully saturated rings. The number of nitrogens with one attached hydrogen (secondary N) is 1. The van der Waals surface area contributed by atoms with Crippen molar-refractivity contribution in [3.8, 4) is 0 Å². The summed E-state index contributed by atoms with van der Waals surface area (Å²) >= 11 is 0. The molecular formula is C12H13N3O2. The van der Waals surface area contributed by atoms with Gasteiger partial charge < -0.3 is 10.4 Å². The largest absolute Gasteiger partial charge is 0.394 e. The molecule has 0 aromatic heterocycles. The van der Waals surface area contributed by atoms with Crippen LogP contribution in [0, 0.1) is 0 Å². The number of carbonyl (C=O) groups is 1. The summed E-state index contributed by atoms with van der Waals surface area (Å²) < 4.78 is 0. The normalized spacial score (nSPS) is 20.5. The fourth-order valence-corrected chi connectivity index (χ4v) is 1.95. The molecule has 0 radical (unpaired) electrons. The molecule has 0 aromatic carbocycles. The minimum atomic E-state index is -0.648. The Balaban J connectivity index is 1.86. The standard InChI is InChI=1S/C12H13N3O2/c1-12(2,5-16)13-11(17)10-8-4-6-3-7(6)9(8)14-15-10/h4,16H,3,5H2,1-2H3,(H,13,17). The van der Waals surface area contributed by atoms with Gasteiger partial charge in [-0.2, -0.15) is 0 Å². The van der Waals surface area contributed by atoms with Crippen molar-refractivity contribution >= 4 is 5.91 Å². The van der Waals surface area contributed by atoms with Crippen molar-refractivity contribution in [1.29, 1.82) is 0 Å². The molecule has 5 heteroatoms. The van der Waals surface area contributed by atoms with Gasteiger partial charge in [-0.15, -0.1) is 10.2 Å². The predicted molar refractivity (Wildman–Crippen MR) is 60.9 cm³/mol. The average Bonchev–Trinajstić information content (AvgIpc) is 2.75. The van der Waals surface area contributed by atoms with Gasteiger partial charge in [-0.1, -0.05) is 0 Å². The first kappa shape index (κ1) is 10.4. The molecule has 3 rings (SSSR count). The summed E-state index contributed by atoms with van der Waals surface area (Å²) in [7, 11) is 0. The van der Waals surface area contributed by atoms with E-state index in [0.29, 0.717) is 5.70 Å². The summed E-state index contributed by atoms with van der Waals surface area (Å²) in [5.74, 6) is -0.281. The van der Waals surface area contributed by atoms with Gasteiger partial charge in [0.2, 0.25) is 0 Å². The van der Waals surface area contributed by atoms with Crippen molar-refractivity contribution in [1.82, 2.24) is 5.32 Å². The van der Waals surface area contributed by atoms with Gasteiger partial charge in [0.05, 0.1) is 17.8 Å². The van der Waals surface area contributed by atoms with Crippen molar-refractivity contribution in [3.05, 3.63) is 34.2 Å². The van der Waals surface area contributed by atoms with Gasteiger partial charge in [-0.3, -0.25) is 4.79 Å². The first-order chi connectivity index (χ1) is 8.02. The third kappa shape index (κ3) is 1.54. The minimum absolute atomic E-state index is 0.118. The highest BCUT2D eigenvalue weighted by Gasteiger charge is 2.38. The van der Waals surface area contributed by atoms with E-state index in [4.69, 9.17) is 5.11 Å². The SMILES string of the molecule is CC(C)(CO)NC(=O)C1=C2C=C3CC3=C2N=N1. The van der Waals surface area contributed by atoms with Crippen LogP contribution in [0.3, 0.4) is 0 Å². The number of nitrogens with zero attached hydrogens (tertiary/aromatic N) is 2. The van der Waals surface area contributed by atoms with Gasteiger partial charge in [-0.25, -0.2) is 0 Å². The third-order valence-electron chi connectivity index (χ3n) is 3.06. The highest BCUT2D eigenvalue weighted by atomic mass is 16.3. The molecule has 0 saturated heterocycles. The highest BCUT2D eigenvalue weighted by molar-refractivity contribution is 5.97. The molecule has 3 aliphatic rings. The second-order valence-electron chi connectivity index (χ2n) is 5.13. The Morgan fingerprint density at radius 1 is 1.53 bits per heavy atom. The Hall–Kier alpha value is -1.75. The molecule has 0 spiro atoms. The molecule has 1 aliphatic heterocycles. The monoisotopic (exact) mass is 231 g/mol. The molecule has 0 unspecified atom stereocenters. The quantitative estimate of drug-likeness (QED) is 0.765. The van der Waals surface area contributed by atoms with Crippen LogP contribution in [-0.2, 0) is 4.79 Å². The van der Waals surface area contributed by atoms with Crippen LogP contribution in [0.2, 0.25) is 0 Å². The second kappa shape index (κ2) is 3.13. The number of rotatable bonds is 3. The van der Waals surface area contributed by atoms with Crippen molar-refractivity contribution in [3.63, 3.8) is 0 Å². The zero-order valence-electron chi connectivity index (χ0n) is 9.74. The van der Waals surface area contributed by atoms with Crippen LogP contribution in [0.25, 0.3) is 0 Å². The fraction of sp³-hybridized carbons (Fsp3) is 0.417. The van der Waals surface area contributed by atoms with Crippen molar-refractivity contribution < 1.29 is 9.90 Å². The van der Waals surface area contributed by atoms with Gasteiger partial charge in [0.1, 0.15) is 0 Å². The van der Waals surface area contributed by atoms with Gasteiger partial charge in [0.25, 0.3) is 5.91 Å². The van der Waals surface area contributed by atoms with Crippen LogP contribution in [-0.4, -0.2) is 23.2 Å². The first-order valence-corrected chi connectivity index (χ1v) is 5.56. The lowest BCUT2D eigenvalue weighted by atomic mass is 10.1. The van der Waals surface area contributed by atoms with Crippen LogP contribution in [0.1, 0.15) is 20.3 Å². The lowest BCUT2D eigenvalue weighted by molar-refractivity contribution is -0.119. The van der Waals surface area contributed by atoms with E-state index >= 15 is 0 Å². The number of hydrogen-bond acceptors (Lipinski definition) is 4. The van der Waals surface area contributed by atoms with E-state index in [0.717, 1.165) is 17.7 Å². The van der Waals surface area contributed by atoms with Crippen molar-refractivity contribution in [2.45, 2.75) is 25.8 Å². The van der Waals surface area contributed by atoms with Gasteiger partial charge in [0, 0.05) is 12.0 Å². The van der Waals surface area contributed by atoms with E-state index < -0.39 is 5.54 Å². The number of aliphatic hydroxyl groups is 1. The van der Waals surface area contributed by atoms with Crippen LogP contribution in [0.15, 0.2) is 44.4 Å². The number of carbonyl (C=O) groups excluding carboxylic acids is 1. The molecule has 0 bridgehead atoms. The topological polar surface area (TPSA) is 74.0 Å². The molecule has 1 amide bonds. The maximum Gasteiger partial charge on any atom is 0.273 e. The molecule has 0 atom stereocenters.